The molecule has 0 saturated carbocycles. The zero-order chi connectivity index (χ0) is 16.2. The van der Waals surface area contributed by atoms with Crippen molar-refractivity contribution >= 4 is 23.2 Å². The van der Waals surface area contributed by atoms with Crippen LogP contribution in [0.2, 0.25) is 5.02 Å². The second kappa shape index (κ2) is 4.83. The minimum Gasteiger partial charge on any atom is -0.454 e. The van der Waals surface area contributed by atoms with Crippen LogP contribution in [-0.4, -0.2) is 18.6 Å². The van der Waals surface area contributed by atoms with Gasteiger partial charge in [-0.05, 0) is 42.0 Å². The monoisotopic (exact) mass is 337 g/mol. The van der Waals surface area contributed by atoms with Crippen molar-refractivity contribution in [3.63, 3.8) is 0 Å². The maximum absolute atomic E-state index is 14.2. The van der Waals surface area contributed by atoms with Crippen LogP contribution in [0.25, 0.3) is 0 Å². The number of benzene rings is 2. The summed E-state index contributed by atoms with van der Waals surface area (Å²) < 4.78 is 38.7. The fourth-order valence-corrected chi connectivity index (χ4v) is 2.93. The quantitative estimate of drug-likeness (QED) is 0.783. The standard InChI is InChI=1S/C16H10ClF2NO3/c17-10-2-4-11(5-3-10)20-14(16(18,19)15(20)21)9-1-6-12-13(7-9)23-8-22-12/h1-7,14H,8H2/t14-/m1/s1. The van der Waals surface area contributed by atoms with Crippen molar-refractivity contribution in [1.82, 2.24) is 0 Å². The number of hydrogen-bond donors (Lipinski definition) is 0. The van der Waals surface area contributed by atoms with E-state index in [0.29, 0.717) is 22.2 Å². The zero-order valence-corrected chi connectivity index (χ0v) is 12.4. The summed E-state index contributed by atoms with van der Waals surface area (Å²) in [5.74, 6) is -3.80. The average molecular weight is 338 g/mol. The minimum atomic E-state index is -3.46. The molecule has 0 spiro atoms. The highest BCUT2D eigenvalue weighted by atomic mass is 35.5. The molecule has 2 aromatic rings. The number of hydrogen-bond acceptors (Lipinski definition) is 3. The molecule has 23 heavy (non-hydrogen) atoms. The smallest absolute Gasteiger partial charge is 0.349 e. The van der Waals surface area contributed by atoms with Crippen molar-refractivity contribution in [2.75, 3.05) is 11.7 Å². The SMILES string of the molecule is O=C1N(c2ccc(Cl)cc2)[C@H](c2ccc3c(c2)OCO3)C1(F)F. The van der Waals surface area contributed by atoms with Gasteiger partial charge in [-0.2, -0.15) is 8.78 Å². The molecule has 4 rings (SSSR count). The Morgan fingerprint density at radius 2 is 1.78 bits per heavy atom. The number of nitrogens with zero attached hydrogens (tertiary/aromatic N) is 1. The third-order valence-corrected chi connectivity index (χ3v) is 4.17. The van der Waals surface area contributed by atoms with E-state index in [1.165, 1.54) is 24.3 Å². The van der Waals surface area contributed by atoms with Gasteiger partial charge in [0.15, 0.2) is 11.5 Å². The van der Waals surface area contributed by atoms with Crippen LogP contribution in [0.3, 0.4) is 0 Å². The van der Waals surface area contributed by atoms with E-state index < -0.39 is 17.9 Å². The van der Waals surface area contributed by atoms with E-state index >= 15 is 0 Å². The van der Waals surface area contributed by atoms with Gasteiger partial charge in [-0.3, -0.25) is 9.69 Å². The van der Waals surface area contributed by atoms with Crippen molar-refractivity contribution in [2.24, 2.45) is 0 Å². The van der Waals surface area contributed by atoms with E-state index in [4.69, 9.17) is 21.1 Å². The maximum atomic E-state index is 14.2. The van der Waals surface area contributed by atoms with Gasteiger partial charge in [0.1, 0.15) is 6.04 Å². The number of carbonyl (C=O) groups excluding carboxylic acids is 1. The fourth-order valence-electron chi connectivity index (χ4n) is 2.80. The van der Waals surface area contributed by atoms with Crippen molar-refractivity contribution in [3.05, 3.63) is 53.1 Å². The number of anilines is 1. The molecule has 0 N–H and O–H groups in total. The molecule has 2 aliphatic heterocycles. The number of β-lactam (4-membered cyclic amide) rings is 1. The van der Waals surface area contributed by atoms with Crippen molar-refractivity contribution in [2.45, 2.75) is 12.0 Å². The van der Waals surface area contributed by atoms with Gasteiger partial charge in [-0.15, -0.1) is 0 Å². The Kier molecular flexibility index (Phi) is 2.99. The van der Waals surface area contributed by atoms with Crippen LogP contribution in [0.5, 0.6) is 11.5 Å². The van der Waals surface area contributed by atoms with Gasteiger partial charge in [-0.1, -0.05) is 17.7 Å². The number of ether oxygens (including phenoxy) is 2. The highest BCUT2D eigenvalue weighted by Gasteiger charge is 2.64. The summed E-state index contributed by atoms with van der Waals surface area (Å²) in [6.07, 6.45) is 0. The highest BCUT2D eigenvalue weighted by Crippen LogP contribution is 2.51. The number of rotatable bonds is 2. The average Bonchev–Trinajstić information content (AvgIpc) is 3.00. The molecular formula is C16H10ClF2NO3. The molecule has 0 aromatic heterocycles. The van der Waals surface area contributed by atoms with Crippen LogP contribution in [-0.2, 0) is 4.79 Å². The van der Waals surface area contributed by atoms with Crippen LogP contribution < -0.4 is 14.4 Å². The lowest BCUT2D eigenvalue weighted by Crippen LogP contribution is -2.64. The second-order valence-electron chi connectivity index (χ2n) is 5.29. The Hall–Kier alpha value is -2.34. The molecule has 118 valence electrons. The Balaban J connectivity index is 1.75. The van der Waals surface area contributed by atoms with Gasteiger partial charge in [0.2, 0.25) is 6.79 Å². The predicted octanol–water partition coefficient (Wildman–Crippen LogP) is 3.79. The molecule has 2 heterocycles. The summed E-state index contributed by atoms with van der Waals surface area (Å²) in [5, 5.41) is 0.466. The molecule has 2 aromatic carbocycles. The van der Waals surface area contributed by atoms with E-state index in [9.17, 15) is 13.6 Å². The van der Waals surface area contributed by atoms with Crippen LogP contribution in [0, 0.1) is 0 Å². The van der Waals surface area contributed by atoms with Crippen molar-refractivity contribution in [1.29, 1.82) is 0 Å². The predicted molar refractivity (Wildman–Crippen MR) is 79.2 cm³/mol. The summed E-state index contributed by atoms with van der Waals surface area (Å²) in [6.45, 7) is 0.0552. The Morgan fingerprint density at radius 3 is 2.52 bits per heavy atom. The third-order valence-electron chi connectivity index (χ3n) is 3.92. The largest absolute Gasteiger partial charge is 0.454 e. The molecule has 1 amide bonds. The Labute approximate surface area is 135 Å². The number of fused-ring (bicyclic) bond motifs is 1. The van der Waals surface area contributed by atoms with Crippen molar-refractivity contribution in [3.8, 4) is 11.5 Å². The Morgan fingerprint density at radius 1 is 1.09 bits per heavy atom. The van der Waals surface area contributed by atoms with Gasteiger partial charge >= 0.3 is 11.8 Å². The normalized spacial score (nSPS) is 21.3. The van der Waals surface area contributed by atoms with Gasteiger partial charge in [0.05, 0.1) is 0 Å². The summed E-state index contributed by atoms with van der Waals surface area (Å²) >= 11 is 5.81. The lowest BCUT2D eigenvalue weighted by atomic mass is 9.88. The van der Waals surface area contributed by atoms with E-state index in [1.54, 1.807) is 18.2 Å². The first-order valence-corrected chi connectivity index (χ1v) is 7.23. The summed E-state index contributed by atoms with van der Waals surface area (Å²) in [5.41, 5.74) is 0.654. The molecular weight excluding hydrogens is 328 g/mol. The molecule has 0 radical (unpaired) electrons. The topological polar surface area (TPSA) is 38.8 Å². The molecule has 1 atom stereocenters. The lowest BCUT2D eigenvalue weighted by Gasteiger charge is -2.46. The summed E-state index contributed by atoms with van der Waals surface area (Å²) in [6, 6.07) is 9.36. The lowest BCUT2D eigenvalue weighted by molar-refractivity contribution is -0.162. The first kappa shape index (κ1) is 14.3. The Bertz CT molecular complexity index is 794. The number of halogens is 3. The molecule has 0 aliphatic carbocycles. The maximum Gasteiger partial charge on any atom is 0.349 e. The van der Waals surface area contributed by atoms with Crippen LogP contribution >= 0.6 is 11.6 Å². The number of alkyl halides is 2. The first-order chi connectivity index (χ1) is 11.0. The van der Waals surface area contributed by atoms with E-state index in [1.807, 2.05) is 0 Å². The van der Waals surface area contributed by atoms with Crippen LogP contribution in [0.1, 0.15) is 11.6 Å². The first-order valence-electron chi connectivity index (χ1n) is 6.85. The van der Waals surface area contributed by atoms with Crippen LogP contribution in [0.15, 0.2) is 42.5 Å². The summed E-state index contributed by atoms with van der Waals surface area (Å²) in [4.78, 5) is 12.9. The molecule has 7 heteroatoms. The van der Waals surface area contributed by atoms with Crippen LogP contribution in [0.4, 0.5) is 14.5 Å². The third kappa shape index (κ3) is 2.05. The number of amides is 1. The van der Waals surface area contributed by atoms with Gasteiger partial charge < -0.3 is 9.47 Å². The molecule has 1 saturated heterocycles. The minimum absolute atomic E-state index is 0.0552. The molecule has 2 aliphatic rings. The molecule has 4 nitrogen and oxygen atoms in total. The van der Waals surface area contributed by atoms with E-state index in [0.717, 1.165) is 4.90 Å². The van der Waals surface area contributed by atoms with Gasteiger partial charge in [-0.25, -0.2) is 0 Å². The summed E-state index contributed by atoms with van der Waals surface area (Å²) in [7, 11) is 0. The molecule has 0 unspecified atom stereocenters. The van der Waals surface area contributed by atoms with Gasteiger partial charge in [0.25, 0.3) is 0 Å². The zero-order valence-electron chi connectivity index (χ0n) is 11.6. The fraction of sp³-hybridized carbons (Fsp3) is 0.188. The molecule has 1 fully saturated rings. The van der Waals surface area contributed by atoms with Crippen molar-refractivity contribution < 1.29 is 23.0 Å². The van der Waals surface area contributed by atoms with E-state index in [-0.39, 0.29) is 12.4 Å². The van der Waals surface area contributed by atoms with Gasteiger partial charge in [0, 0.05) is 10.7 Å². The molecule has 0 bridgehead atoms. The number of carbonyl (C=O) groups is 1. The van der Waals surface area contributed by atoms with E-state index in [2.05, 4.69) is 0 Å². The highest BCUT2D eigenvalue weighted by molar-refractivity contribution is 6.30. The second-order valence-corrected chi connectivity index (χ2v) is 5.73.